The van der Waals surface area contributed by atoms with Crippen LogP contribution in [0.2, 0.25) is 0 Å². The molecule has 1 aromatic heterocycles. The highest BCUT2D eigenvalue weighted by Crippen LogP contribution is 2.43. The number of aromatic amines is 1. The van der Waals surface area contributed by atoms with Crippen molar-refractivity contribution >= 4 is 0 Å². The summed E-state index contributed by atoms with van der Waals surface area (Å²) in [6.45, 7) is 2.90. The maximum atomic E-state index is 11.8. The van der Waals surface area contributed by atoms with Gasteiger partial charge in [0.25, 0.3) is 5.56 Å². The van der Waals surface area contributed by atoms with Crippen LogP contribution in [0.15, 0.2) is 15.8 Å². The minimum atomic E-state index is -1.17. The lowest BCUT2D eigenvalue weighted by molar-refractivity contribution is -0.0407. The summed E-state index contributed by atoms with van der Waals surface area (Å²) in [6.07, 6.45) is -0.677. The Labute approximate surface area is 109 Å². The van der Waals surface area contributed by atoms with Crippen LogP contribution in [0, 0.1) is 12.3 Å². The molecule has 2 rings (SSSR count). The third-order valence-corrected chi connectivity index (χ3v) is 3.97. The Morgan fingerprint density at radius 3 is 2.63 bits per heavy atom. The highest BCUT2D eigenvalue weighted by atomic mass is 16.3. The van der Waals surface area contributed by atoms with E-state index in [1.165, 1.54) is 10.8 Å². The van der Waals surface area contributed by atoms with Gasteiger partial charge in [0.2, 0.25) is 0 Å². The Morgan fingerprint density at radius 1 is 1.47 bits per heavy atom. The number of aryl methyl sites for hydroxylation is 1. The zero-order chi connectivity index (χ0) is 14.4. The van der Waals surface area contributed by atoms with Gasteiger partial charge in [0.1, 0.15) is 6.10 Å². The number of rotatable bonds is 2. The quantitative estimate of drug-likeness (QED) is 0.522. The first-order chi connectivity index (χ1) is 8.80. The molecule has 0 unspecified atom stereocenters. The molecule has 0 aromatic carbocycles. The molecule has 0 amide bonds. The van der Waals surface area contributed by atoms with Crippen molar-refractivity contribution in [3.63, 3.8) is 0 Å². The number of nitrogens with one attached hydrogen (secondary N) is 1. The van der Waals surface area contributed by atoms with Crippen LogP contribution in [-0.2, 0) is 0 Å². The van der Waals surface area contributed by atoms with E-state index in [-0.39, 0.29) is 13.0 Å². The van der Waals surface area contributed by atoms with Crippen molar-refractivity contribution in [3.05, 3.63) is 32.6 Å². The highest BCUT2D eigenvalue weighted by Gasteiger charge is 2.50. The predicted octanol–water partition coefficient (Wildman–Crippen LogP) is -1.49. The van der Waals surface area contributed by atoms with Gasteiger partial charge in [-0.1, -0.05) is 6.92 Å². The molecular formula is C12H18N2O5. The van der Waals surface area contributed by atoms with E-state index in [9.17, 15) is 24.9 Å². The van der Waals surface area contributed by atoms with E-state index in [2.05, 4.69) is 4.98 Å². The van der Waals surface area contributed by atoms with E-state index in [4.69, 9.17) is 0 Å². The Hall–Kier alpha value is -1.44. The van der Waals surface area contributed by atoms with Crippen LogP contribution in [0.1, 0.15) is 24.9 Å². The molecule has 4 atom stereocenters. The second-order valence-electron chi connectivity index (χ2n) is 5.50. The monoisotopic (exact) mass is 270 g/mol. The van der Waals surface area contributed by atoms with Crippen LogP contribution in [0.25, 0.3) is 0 Å². The average molecular weight is 270 g/mol. The summed E-state index contributed by atoms with van der Waals surface area (Å²) < 4.78 is 1.21. The summed E-state index contributed by atoms with van der Waals surface area (Å²) >= 11 is 0. The zero-order valence-corrected chi connectivity index (χ0v) is 10.8. The molecule has 7 nitrogen and oxygen atoms in total. The van der Waals surface area contributed by atoms with Gasteiger partial charge in [0.05, 0.1) is 18.8 Å². The third-order valence-electron chi connectivity index (χ3n) is 3.97. The largest absolute Gasteiger partial charge is 0.396 e. The summed E-state index contributed by atoms with van der Waals surface area (Å²) in [4.78, 5) is 25.3. The summed E-state index contributed by atoms with van der Waals surface area (Å²) in [7, 11) is 0. The number of aromatic nitrogens is 2. The fourth-order valence-electron chi connectivity index (χ4n) is 2.60. The molecule has 19 heavy (non-hydrogen) atoms. The van der Waals surface area contributed by atoms with E-state index in [1.807, 2.05) is 0 Å². The van der Waals surface area contributed by atoms with Gasteiger partial charge in [0.15, 0.2) is 0 Å². The van der Waals surface area contributed by atoms with Gasteiger partial charge in [-0.15, -0.1) is 0 Å². The summed E-state index contributed by atoms with van der Waals surface area (Å²) in [6, 6.07) is -0.671. The first-order valence-corrected chi connectivity index (χ1v) is 6.09. The molecule has 7 heteroatoms. The van der Waals surface area contributed by atoms with Gasteiger partial charge in [-0.05, 0) is 13.3 Å². The number of hydrogen-bond donors (Lipinski definition) is 4. The van der Waals surface area contributed by atoms with Crippen molar-refractivity contribution in [1.29, 1.82) is 0 Å². The summed E-state index contributed by atoms with van der Waals surface area (Å²) in [5.41, 5.74) is -1.62. The number of aliphatic hydroxyl groups is 3. The fourth-order valence-corrected chi connectivity index (χ4v) is 2.60. The molecule has 1 aliphatic rings. The van der Waals surface area contributed by atoms with Gasteiger partial charge in [-0.25, -0.2) is 4.79 Å². The molecule has 1 fully saturated rings. The third kappa shape index (κ3) is 2.13. The van der Waals surface area contributed by atoms with Gasteiger partial charge in [-0.2, -0.15) is 0 Å². The molecule has 1 aromatic rings. The molecule has 0 bridgehead atoms. The van der Waals surface area contributed by atoms with Crippen LogP contribution in [-0.4, -0.2) is 43.7 Å². The number of hydrogen-bond acceptors (Lipinski definition) is 5. The molecule has 1 heterocycles. The number of nitrogens with zero attached hydrogens (tertiary/aromatic N) is 1. The van der Waals surface area contributed by atoms with Crippen LogP contribution in [0.4, 0.5) is 0 Å². The lowest BCUT2D eigenvalue weighted by Gasteiger charge is -2.25. The molecule has 4 N–H and O–H groups in total. The molecule has 0 radical (unpaired) electrons. The predicted molar refractivity (Wildman–Crippen MR) is 66.9 cm³/mol. The molecule has 0 aliphatic heterocycles. The first-order valence-electron chi connectivity index (χ1n) is 6.09. The maximum absolute atomic E-state index is 11.8. The van der Waals surface area contributed by atoms with Crippen LogP contribution < -0.4 is 11.2 Å². The molecule has 0 saturated heterocycles. The standard InChI is InChI=1S/C12H18N2O5/c1-6-4-14(11(19)13-10(6)18)7-3-12(2,5-15)9(17)8(7)16/h4,7-9,15-17H,3,5H2,1-2H3,(H,13,18,19)/t7-,8+,9+,12-/m1/s1. The van der Waals surface area contributed by atoms with Gasteiger partial charge in [0, 0.05) is 17.2 Å². The van der Waals surface area contributed by atoms with E-state index >= 15 is 0 Å². The minimum Gasteiger partial charge on any atom is -0.396 e. The Bertz CT molecular complexity index is 593. The van der Waals surface area contributed by atoms with E-state index < -0.39 is 34.9 Å². The Kier molecular flexibility index (Phi) is 3.38. The lowest BCUT2D eigenvalue weighted by Crippen LogP contribution is -2.39. The molecule has 106 valence electrons. The van der Waals surface area contributed by atoms with E-state index in [0.29, 0.717) is 5.56 Å². The van der Waals surface area contributed by atoms with E-state index in [1.54, 1.807) is 13.8 Å². The van der Waals surface area contributed by atoms with Crippen molar-refractivity contribution in [2.45, 2.75) is 38.5 Å². The first kappa shape index (κ1) is 14.0. The summed E-state index contributed by atoms with van der Waals surface area (Å²) in [5.74, 6) is 0. The zero-order valence-electron chi connectivity index (χ0n) is 10.8. The van der Waals surface area contributed by atoms with Crippen molar-refractivity contribution < 1.29 is 15.3 Å². The second-order valence-corrected chi connectivity index (χ2v) is 5.50. The van der Waals surface area contributed by atoms with Crippen molar-refractivity contribution in [2.24, 2.45) is 5.41 Å². The van der Waals surface area contributed by atoms with Gasteiger partial charge in [-0.3, -0.25) is 14.3 Å². The van der Waals surface area contributed by atoms with Crippen molar-refractivity contribution in [1.82, 2.24) is 9.55 Å². The summed E-state index contributed by atoms with van der Waals surface area (Å²) in [5, 5.41) is 29.3. The average Bonchev–Trinajstić information content (AvgIpc) is 2.59. The maximum Gasteiger partial charge on any atom is 0.328 e. The highest BCUT2D eigenvalue weighted by molar-refractivity contribution is 5.07. The SMILES string of the molecule is Cc1cn([C@@H]2C[C@](C)(CO)[C@@H](O)[C@H]2O)c(=O)[nH]c1=O. The second kappa shape index (κ2) is 4.59. The van der Waals surface area contributed by atoms with E-state index in [0.717, 1.165) is 0 Å². The fraction of sp³-hybridized carbons (Fsp3) is 0.667. The van der Waals surface area contributed by atoms with Crippen LogP contribution >= 0.6 is 0 Å². The Balaban J connectivity index is 2.47. The number of aliphatic hydroxyl groups excluding tert-OH is 3. The van der Waals surface area contributed by atoms with Crippen molar-refractivity contribution in [2.75, 3.05) is 6.61 Å². The Morgan fingerprint density at radius 2 is 2.11 bits per heavy atom. The molecule has 1 saturated carbocycles. The molecular weight excluding hydrogens is 252 g/mol. The topological polar surface area (TPSA) is 116 Å². The minimum absolute atomic E-state index is 0.247. The molecule has 1 aliphatic carbocycles. The van der Waals surface area contributed by atoms with Gasteiger partial charge < -0.3 is 15.3 Å². The normalized spacial score (nSPS) is 34.7. The van der Waals surface area contributed by atoms with Crippen molar-refractivity contribution in [3.8, 4) is 0 Å². The van der Waals surface area contributed by atoms with Gasteiger partial charge >= 0.3 is 5.69 Å². The molecule has 0 spiro atoms. The van der Waals surface area contributed by atoms with Crippen LogP contribution in [0.3, 0.4) is 0 Å². The number of H-pyrrole nitrogens is 1. The van der Waals surface area contributed by atoms with Crippen LogP contribution in [0.5, 0.6) is 0 Å². The lowest BCUT2D eigenvalue weighted by atomic mass is 9.87. The smallest absolute Gasteiger partial charge is 0.328 e.